The number of carbonyl (C=O) groups is 2. The van der Waals surface area contributed by atoms with Crippen molar-refractivity contribution in [2.45, 2.75) is 32.0 Å². The molecule has 1 saturated heterocycles. The van der Waals surface area contributed by atoms with Gasteiger partial charge in [-0.2, -0.15) is 0 Å². The molecule has 6 rings (SSSR count). The molecule has 1 fully saturated rings. The number of nitrogens with zero attached hydrogens (tertiary/aromatic N) is 4. The lowest BCUT2D eigenvalue weighted by molar-refractivity contribution is -0.119. The van der Waals surface area contributed by atoms with Crippen molar-refractivity contribution in [3.05, 3.63) is 105 Å². The Morgan fingerprint density at radius 3 is 2.44 bits per heavy atom. The molecule has 3 aromatic heterocycles. The Morgan fingerprint density at radius 1 is 1.04 bits per heavy atom. The first kappa shape index (κ1) is 34.8. The van der Waals surface area contributed by atoms with Crippen molar-refractivity contribution < 1.29 is 24.5 Å². The number of ether oxygens (including phenoxy) is 1. The summed E-state index contributed by atoms with van der Waals surface area (Å²) in [7, 11) is 1.47. The van der Waals surface area contributed by atoms with Gasteiger partial charge < -0.3 is 30.5 Å². The van der Waals surface area contributed by atoms with Gasteiger partial charge in [0.25, 0.3) is 5.56 Å². The number of aromatic nitrogens is 3. The lowest BCUT2D eigenvalue weighted by atomic mass is 9.97. The summed E-state index contributed by atoms with van der Waals surface area (Å²) in [6, 6.07) is 18.0. The number of rotatable bonds is 12. The van der Waals surface area contributed by atoms with Crippen LogP contribution in [-0.4, -0.2) is 74.3 Å². The summed E-state index contributed by atoms with van der Waals surface area (Å²) >= 11 is 14.1. The maximum Gasteiger partial charge on any atom is 0.407 e. The number of carbonyl (C=O) groups excluding carboxylic acids is 1. The Balaban J connectivity index is 1.29. The van der Waals surface area contributed by atoms with Gasteiger partial charge in [-0.25, -0.2) is 14.8 Å². The van der Waals surface area contributed by atoms with Gasteiger partial charge in [0.1, 0.15) is 5.65 Å². The van der Waals surface area contributed by atoms with Gasteiger partial charge in [0, 0.05) is 77.9 Å². The molecule has 4 N–H and O–H groups in total. The Morgan fingerprint density at radius 2 is 1.76 bits per heavy atom. The molecular formula is C36H34Cl2N6O6. The van der Waals surface area contributed by atoms with E-state index in [2.05, 4.69) is 20.6 Å². The van der Waals surface area contributed by atoms with E-state index in [1.165, 1.54) is 22.6 Å². The second-order valence-corrected chi connectivity index (χ2v) is 12.6. The normalized spacial score (nSPS) is 14.2. The van der Waals surface area contributed by atoms with Crippen molar-refractivity contribution in [3.63, 3.8) is 0 Å². The van der Waals surface area contributed by atoms with E-state index >= 15 is 0 Å². The van der Waals surface area contributed by atoms with Crippen LogP contribution in [0.25, 0.3) is 39.2 Å². The molecule has 2 amide bonds. The summed E-state index contributed by atoms with van der Waals surface area (Å²) in [4.78, 5) is 47.1. The molecule has 1 aliphatic rings. The van der Waals surface area contributed by atoms with E-state index in [9.17, 15) is 19.5 Å². The van der Waals surface area contributed by atoms with E-state index in [1.54, 1.807) is 30.5 Å². The SMILES string of the molecule is COc1nc(-c2cccc(-c3cccc(-c4ccn5c(=O)c(CNCCO)cnc5c4)c3Cl)c2Cl)ccc1CN(CC1CCC(=O)N1)C(=O)O. The van der Waals surface area contributed by atoms with Crippen molar-refractivity contribution in [3.8, 4) is 39.4 Å². The molecule has 4 heterocycles. The van der Waals surface area contributed by atoms with E-state index in [-0.39, 0.29) is 43.1 Å². The van der Waals surface area contributed by atoms with Crippen LogP contribution in [0.4, 0.5) is 4.79 Å². The highest BCUT2D eigenvalue weighted by Gasteiger charge is 2.26. The summed E-state index contributed by atoms with van der Waals surface area (Å²) in [5, 5.41) is 25.5. The van der Waals surface area contributed by atoms with Gasteiger partial charge in [-0.3, -0.25) is 14.0 Å². The third-order valence-corrected chi connectivity index (χ3v) is 9.36. The van der Waals surface area contributed by atoms with Crippen molar-refractivity contribution >= 4 is 40.8 Å². The number of carboxylic acid groups (broad SMARTS) is 1. The third kappa shape index (κ3) is 7.29. The lowest BCUT2D eigenvalue weighted by Gasteiger charge is -2.23. The Labute approximate surface area is 297 Å². The monoisotopic (exact) mass is 716 g/mol. The van der Waals surface area contributed by atoms with Crippen LogP contribution in [0, 0.1) is 0 Å². The minimum Gasteiger partial charge on any atom is -0.481 e. The minimum atomic E-state index is -1.11. The zero-order chi connectivity index (χ0) is 35.4. The van der Waals surface area contributed by atoms with Crippen LogP contribution in [0.15, 0.2) is 77.9 Å². The number of hydrogen-bond acceptors (Lipinski definition) is 8. The van der Waals surface area contributed by atoms with Gasteiger partial charge in [-0.05, 0) is 36.2 Å². The number of pyridine rings is 2. The van der Waals surface area contributed by atoms with E-state index in [4.69, 9.17) is 33.0 Å². The second-order valence-electron chi connectivity index (χ2n) is 11.8. The summed E-state index contributed by atoms with van der Waals surface area (Å²) in [6.45, 7) is 0.814. The molecular weight excluding hydrogens is 683 g/mol. The van der Waals surface area contributed by atoms with Crippen LogP contribution in [0.1, 0.15) is 24.0 Å². The third-order valence-electron chi connectivity index (χ3n) is 8.55. The molecule has 1 unspecified atom stereocenters. The number of amides is 2. The first-order chi connectivity index (χ1) is 24.2. The number of halogens is 2. The zero-order valence-electron chi connectivity index (χ0n) is 27.0. The average Bonchev–Trinajstić information content (AvgIpc) is 3.53. The Bertz CT molecular complexity index is 2140. The van der Waals surface area contributed by atoms with Crippen LogP contribution in [0.5, 0.6) is 5.88 Å². The minimum absolute atomic E-state index is 0.0241. The quantitative estimate of drug-likeness (QED) is 0.127. The molecule has 14 heteroatoms. The summed E-state index contributed by atoms with van der Waals surface area (Å²) in [5.74, 6) is 0.169. The molecule has 0 radical (unpaired) electrons. The number of hydrogen-bond donors (Lipinski definition) is 4. The summed E-state index contributed by atoms with van der Waals surface area (Å²) < 4.78 is 7.05. The summed E-state index contributed by atoms with van der Waals surface area (Å²) in [5.41, 5.74) is 5.29. The molecule has 0 aliphatic carbocycles. The van der Waals surface area contributed by atoms with Gasteiger partial charge in [0.15, 0.2) is 0 Å². The van der Waals surface area contributed by atoms with E-state index < -0.39 is 6.09 Å². The molecule has 50 heavy (non-hydrogen) atoms. The molecule has 1 aliphatic heterocycles. The first-order valence-corrected chi connectivity index (χ1v) is 16.6. The molecule has 0 saturated carbocycles. The van der Waals surface area contributed by atoms with Crippen LogP contribution in [-0.2, 0) is 17.9 Å². The van der Waals surface area contributed by atoms with Gasteiger partial charge in [-0.1, -0.05) is 59.6 Å². The highest BCUT2D eigenvalue weighted by Crippen LogP contribution is 2.42. The van der Waals surface area contributed by atoms with E-state index in [1.807, 2.05) is 36.4 Å². The Kier molecular flexibility index (Phi) is 10.6. The molecule has 258 valence electrons. The standard InChI is InChI=1S/C36H34Cl2N6O6/c1-50-34-22(19-43(36(48)49)20-24-9-11-31(46)41-24)8-10-29(42-34)28-7-3-6-27(33(28)38)26-5-2-4-25(32(26)37)21-12-14-44-30(16-21)40-18-23(35(44)47)17-39-13-15-45/h2-8,10,12,14,16,18,24,39,45H,9,11,13,15,17,19-20H2,1H3,(H,41,46)(H,48,49). The number of methoxy groups -OCH3 is 1. The van der Waals surface area contributed by atoms with Crippen LogP contribution >= 0.6 is 23.2 Å². The smallest absolute Gasteiger partial charge is 0.407 e. The van der Waals surface area contributed by atoms with E-state index in [0.717, 1.165) is 11.1 Å². The van der Waals surface area contributed by atoms with Crippen molar-refractivity contribution in [1.82, 2.24) is 29.9 Å². The highest BCUT2D eigenvalue weighted by atomic mass is 35.5. The van der Waals surface area contributed by atoms with Gasteiger partial charge in [-0.15, -0.1) is 0 Å². The number of nitrogens with one attached hydrogen (secondary N) is 2. The topological polar surface area (TPSA) is 158 Å². The lowest BCUT2D eigenvalue weighted by Crippen LogP contribution is -2.41. The van der Waals surface area contributed by atoms with Crippen LogP contribution < -0.4 is 20.9 Å². The molecule has 5 aromatic rings. The highest BCUT2D eigenvalue weighted by molar-refractivity contribution is 6.39. The maximum absolute atomic E-state index is 13.0. The van der Waals surface area contributed by atoms with Crippen LogP contribution in [0.3, 0.4) is 0 Å². The Hall–Kier alpha value is -5.01. The second kappa shape index (κ2) is 15.3. The van der Waals surface area contributed by atoms with Crippen molar-refractivity contribution in [2.75, 3.05) is 26.8 Å². The first-order valence-electron chi connectivity index (χ1n) is 15.9. The van der Waals surface area contributed by atoms with E-state index in [0.29, 0.717) is 75.1 Å². The molecule has 0 bridgehead atoms. The number of aliphatic hydroxyl groups is 1. The van der Waals surface area contributed by atoms with Gasteiger partial charge >= 0.3 is 6.09 Å². The molecule has 2 aromatic carbocycles. The van der Waals surface area contributed by atoms with Crippen molar-refractivity contribution in [1.29, 1.82) is 0 Å². The predicted octanol–water partition coefficient (Wildman–Crippen LogP) is 5.25. The maximum atomic E-state index is 13.0. The average molecular weight is 718 g/mol. The number of fused-ring (bicyclic) bond motifs is 1. The van der Waals surface area contributed by atoms with Gasteiger partial charge in [0.05, 0.1) is 36.0 Å². The number of benzene rings is 2. The molecule has 1 atom stereocenters. The van der Waals surface area contributed by atoms with Crippen LogP contribution in [0.2, 0.25) is 10.0 Å². The fraction of sp³-hybridized carbons (Fsp3) is 0.250. The number of aliphatic hydroxyl groups excluding tert-OH is 1. The molecule has 0 spiro atoms. The predicted molar refractivity (Wildman–Crippen MR) is 191 cm³/mol. The zero-order valence-corrected chi connectivity index (χ0v) is 28.5. The fourth-order valence-corrected chi connectivity index (χ4v) is 6.68. The van der Waals surface area contributed by atoms with Crippen molar-refractivity contribution in [2.24, 2.45) is 0 Å². The summed E-state index contributed by atoms with van der Waals surface area (Å²) in [6.07, 6.45) is 3.04. The fourth-order valence-electron chi connectivity index (χ4n) is 6.02. The molecule has 12 nitrogen and oxygen atoms in total. The largest absolute Gasteiger partial charge is 0.481 e. The van der Waals surface area contributed by atoms with Gasteiger partial charge in [0.2, 0.25) is 11.8 Å².